The largest absolute Gasteiger partial charge is 0.496 e. The first-order chi connectivity index (χ1) is 23.3. The van der Waals surface area contributed by atoms with Gasteiger partial charge in [-0.05, 0) is 77.5 Å². The number of methoxy groups -OCH3 is 1. The molecule has 3 aromatic heterocycles. The summed E-state index contributed by atoms with van der Waals surface area (Å²) in [6.45, 7) is 10.7. The Bertz CT molecular complexity index is 1940. The topological polar surface area (TPSA) is 137 Å². The SMILES string of the molecule is CCOC(=O)C1CCC(O[C@@H](Cn2c(=O)n(C(C)(C)C(=O)CC(C)C)c(=O)c3c(C)c(-n4nccn4)sc32)c2cc(F)ccc2OC)CC1. The predicted octanol–water partition coefficient (Wildman–Crippen LogP) is 5.49. The highest BCUT2D eigenvalue weighted by molar-refractivity contribution is 7.21. The van der Waals surface area contributed by atoms with Crippen LogP contribution in [0.15, 0.2) is 40.2 Å². The Hall–Kier alpha value is -4.17. The van der Waals surface area contributed by atoms with Crippen LogP contribution in [0.5, 0.6) is 5.75 Å². The summed E-state index contributed by atoms with van der Waals surface area (Å²) in [5.74, 6) is -0.872. The standard InChI is InChI=1S/C35H44FN5O7S/c1-8-47-33(44)22-9-12-24(13-10-22)48-27(25-18-23(36)11-14-26(25)46-7)19-39-32-29(21(4)31(49-32)41-37-15-16-38-41)30(43)40(34(39)45)35(5,6)28(42)17-20(2)3/h11,14-16,18,20,22,24,27H,8-10,12-13,17,19H2,1-7H3/t22?,24?,27-/m0/s1. The van der Waals surface area contributed by atoms with Gasteiger partial charge in [-0.3, -0.25) is 19.0 Å². The summed E-state index contributed by atoms with van der Waals surface area (Å²) in [4.78, 5) is 56.7. The highest BCUT2D eigenvalue weighted by Crippen LogP contribution is 2.37. The molecule has 12 nitrogen and oxygen atoms in total. The van der Waals surface area contributed by atoms with Crippen LogP contribution < -0.4 is 16.0 Å². The fourth-order valence-corrected chi connectivity index (χ4v) is 7.73. The first-order valence-corrected chi connectivity index (χ1v) is 17.4. The van der Waals surface area contributed by atoms with Gasteiger partial charge in [0.2, 0.25) is 0 Å². The number of nitrogens with zero attached hydrogens (tertiary/aromatic N) is 5. The number of rotatable bonds is 13. The first kappa shape index (κ1) is 36.1. The zero-order valence-corrected chi connectivity index (χ0v) is 29.8. The Morgan fingerprint density at radius 2 is 1.78 bits per heavy atom. The molecule has 1 saturated carbocycles. The average Bonchev–Trinajstić information content (AvgIpc) is 3.70. The van der Waals surface area contributed by atoms with Crippen molar-refractivity contribution in [2.24, 2.45) is 11.8 Å². The van der Waals surface area contributed by atoms with E-state index in [1.165, 1.54) is 58.4 Å². The van der Waals surface area contributed by atoms with Gasteiger partial charge in [0.15, 0.2) is 5.78 Å². The smallest absolute Gasteiger partial charge is 0.333 e. The normalized spacial score (nSPS) is 17.4. The second kappa shape index (κ2) is 14.8. The van der Waals surface area contributed by atoms with Gasteiger partial charge in [0.25, 0.3) is 5.56 Å². The quantitative estimate of drug-likeness (QED) is 0.166. The fourth-order valence-electron chi connectivity index (χ4n) is 6.51. The zero-order valence-electron chi connectivity index (χ0n) is 29.0. The molecule has 5 rings (SSSR count). The fraction of sp³-hybridized carbons (Fsp3) is 0.543. The second-order valence-corrected chi connectivity index (χ2v) is 14.4. The van der Waals surface area contributed by atoms with Crippen molar-refractivity contribution in [3.63, 3.8) is 0 Å². The van der Waals surface area contributed by atoms with E-state index < -0.39 is 28.7 Å². The molecule has 0 spiro atoms. The van der Waals surface area contributed by atoms with Crippen molar-refractivity contribution in [3.8, 4) is 10.8 Å². The van der Waals surface area contributed by atoms with Crippen molar-refractivity contribution in [1.82, 2.24) is 24.1 Å². The molecule has 1 aromatic carbocycles. The number of esters is 1. The highest BCUT2D eigenvalue weighted by atomic mass is 32.1. The Balaban J connectivity index is 1.68. The number of ether oxygens (including phenoxy) is 3. The van der Waals surface area contributed by atoms with Gasteiger partial charge in [-0.25, -0.2) is 13.8 Å². The van der Waals surface area contributed by atoms with E-state index in [9.17, 15) is 23.6 Å². The molecule has 0 unspecified atom stereocenters. The number of thiophene rings is 1. The molecule has 0 bridgehead atoms. The van der Waals surface area contributed by atoms with E-state index in [1.54, 1.807) is 27.7 Å². The van der Waals surface area contributed by atoms with Crippen LogP contribution in [0.2, 0.25) is 0 Å². The number of carbonyl (C=O) groups is 2. The highest BCUT2D eigenvalue weighted by Gasteiger charge is 2.37. The Labute approximate surface area is 287 Å². The number of carbonyl (C=O) groups excluding carboxylic acids is 2. The van der Waals surface area contributed by atoms with Gasteiger partial charge >= 0.3 is 11.7 Å². The van der Waals surface area contributed by atoms with Gasteiger partial charge in [-0.15, -0.1) is 4.80 Å². The van der Waals surface area contributed by atoms with Crippen LogP contribution in [0.1, 0.15) is 84.0 Å². The zero-order chi connectivity index (χ0) is 35.6. The van der Waals surface area contributed by atoms with E-state index in [0.717, 1.165) is 4.57 Å². The van der Waals surface area contributed by atoms with Crippen molar-refractivity contribution in [1.29, 1.82) is 0 Å². The molecule has 1 aliphatic carbocycles. The summed E-state index contributed by atoms with van der Waals surface area (Å²) >= 11 is 1.17. The van der Waals surface area contributed by atoms with Crippen LogP contribution in [-0.2, 0) is 31.1 Å². The molecule has 4 aromatic rings. The summed E-state index contributed by atoms with van der Waals surface area (Å²) in [6, 6.07) is 4.10. The third kappa shape index (κ3) is 7.25. The Kier molecular flexibility index (Phi) is 10.9. The molecule has 1 atom stereocenters. The number of hydrogen-bond acceptors (Lipinski definition) is 10. The van der Waals surface area contributed by atoms with Crippen LogP contribution in [0.3, 0.4) is 0 Å². The Morgan fingerprint density at radius 3 is 2.39 bits per heavy atom. The number of aryl methyl sites for hydroxylation is 1. The van der Waals surface area contributed by atoms with E-state index in [1.807, 2.05) is 13.8 Å². The third-order valence-electron chi connectivity index (χ3n) is 9.16. The van der Waals surface area contributed by atoms with Gasteiger partial charge in [0.1, 0.15) is 33.0 Å². The average molecular weight is 698 g/mol. The van der Waals surface area contributed by atoms with Gasteiger partial charge in [-0.2, -0.15) is 10.2 Å². The first-order valence-electron chi connectivity index (χ1n) is 16.6. The maximum Gasteiger partial charge on any atom is 0.333 e. The summed E-state index contributed by atoms with van der Waals surface area (Å²) in [7, 11) is 1.47. The molecule has 0 aliphatic heterocycles. The minimum atomic E-state index is -1.48. The molecule has 0 radical (unpaired) electrons. The lowest BCUT2D eigenvalue weighted by Gasteiger charge is -2.32. The van der Waals surface area contributed by atoms with E-state index in [0.29, 0.717) is 59.0 Å². The number of Topliss-reactive ketones (excluding diaryl/α,β-unsaturated/α-hetero) is 1. The molecule has 14 heteroatoms. The van der Waals surface area contributed by atoms with Gasteiger partial charge in [0.05, 0.1) is 50.1 Å². The lowest BCUT2D eigenvalue weighted by Crippen LogP contribution is -2.53. The monoisotopic (exact) mass is 697 g/mol. The molecule has 1 aliphatic rings. The Morgan fingerprint density at radius 1 is 1.10 bits per heavy atom. The summed E-state index contributed by atoms with van der Waals surface area (Å²) in [5.41, 5.74) is -1.84. The number of ketones is 1. The molecular weight excluding hydrogens is 653 g/mol. The molecular formula is C35H44FN5O7S. The van der Waals surface area contributed by atoms with Crippen LogP contribution in [0.4, 0.5) is 4.39 Å². The van der Waals surface area contributed by atoms with Crippen LogP contribution >= 0.6 is 11.3 Å². The van der Waals surface area contributed by atoms with Crippen molar-refractivity contribution in [2.45, 2.75) is 97.9 Å². The van der Waals surface area contributed by atoms with Gasteiger partial charge in [0, 0.05) is 17.5 Å². The second-order valence-electron chi connectivity index (χ2n) is 13.4. The van der Waals surface area contributed by atoms with Gasteiger partial charge < -0.3 is 14.2 Å². The minimum Gasteiger partial charge on any atom is -0.496 e. The van der Waals surface area contributed by atoms with Crippen molar-refractivity contribution >= 4 is 33.3 Å². The summed E-state index contributed by atoms with van der Waals surface area (Å²) in [6.07, 6.45) is 4.17. The van der Waals surface area contributed by atoms with E-state index in [4.69, 9.17) is 14.2 Å². The maximum atomic E-state index is 14.9. The van der Waals surface area contributed by atoms with Crippen LogP contribution in [0, 0.1) is 24.6 Å². The van der Waals surface area contributed by atoms with E-state index in [2.05, 4.69) is 10.2 Å². The van der Waals surface area contributed by atoms with Crippen molar-refractivity contribution < 1.29 is 28.2 Å². The molecule has 264 valence electrons. The molecule has 0 amide bonds. The molecule has 0 saturated heterocycles. The minimum absolute atomic E-state index is 0.00551. The van der Waals surface area contributed by atoms with E-state index in [-0.39, 0.29) is 48.0 Å². The van der Waals surface area contributed by atoms with E-state index >= 15 is 0 Å². The van der Waals surface area contributed by atoms with Crippen LogP contribution in [0.25, 0.3) is 15.2 Å². The number of aromatic nitrogens is 5. The maximum absolute atomic E-state index is 14.9. The van der Waals surface area contributed by atoms with Crippen LogP contribution in [-0.4, -0.2) is 55.7 Å². The lowest BCUT2D eigenvalue weighted by molar-refractivity contribution is -0.150. The lowest BCUT2D eigenvalue weighted by atomic mass is 9.87. The number of hydrogen-bond donors (Lipinski definition) is 0. The predicted molar refractivity (Wildman–Crippen MR) is 183 cm³/mol. The molecule has 1 fully saturated rings. The number of fused-ring (bicyclic) bond motifs is 1. The molecule has 0 N–H and O–H groups in total. The number of halogens is 1. The van der Waals surface area contributed by atoms with Crippen molar-refractivity contribution in [2.75, 3.05) is 13.7 Å². The van der Waals surface area contributed by atoms with Gasteiger partial charge in [-0.1, -0.05) is 25.2 Å². The summed E-state index contributed by atoms with van der Waals surface area (Å²) in [5, 5.41) is 9.30. The third-order valence-corrected chi connectivity index (χ3v) is 10.4. The number of benzene rings is 1. The summed E-state index contributed by atoms with van der Waals surface area (Å²) < 4.78 is 34.9. The molecule has 3 heterocycles. The molecule has 49 heavy (non-hydrogen) atoms. The van der Waals surface area contributed by atoms with Crippen molar-refractivity contribution in [3.05, 3.63) is 68.4 Å².